The van der Waals surface area contributed by atoms with E-state index in [1.807, 2.05) is 41.5 Å². The Hall–Kier alpha value is -4.14. The molecule has 9 nitrogen and oxygen atoms in total. The molecule has 0 atom stereocenters. The van der Waals surface area contributed by atoms with Gasteiger partial charge in [-0.1, -0.05) is 6.07 Å². The van der Waals surface area contributed by atoms with Gasteiger partial charge in [0.05, 0.1) is 18.4 Å². The third-order valence-corrected chi connectivity index (χ3v) is 6.32. The maximum absolute atomic E-state index is 4.79. The van der Waals surface area contributed by atoms with Crippen LogP contribution in [0.1, 0.15) is 28.1 Å². The van der Waals surface area contributed by atoms with E-state index in [1.165, 1.54) is 5.56 Å². The maximum atomic E-state index is 4.79. The molecule has 0 fully saturated rings. The molecule has 0 saturated carbocycles. The van der Waals surface area contributed by atoms with Gasteiger partial charge >= 0.3 is 0 Å². The Balaban J connectivity index is 1.28. The fraction of sp³-hybridized carbons (Fsp3) is 0.250. The molecule has 0 saturated heterocycles. The van der Waals surface area contributed by atoms with Crippen LogP contribution in [0.5, 0.6) is 0 Å². The van der Waals surface area contributed by atoms with Gasteiger partial charge in [-0.15, -0.1) is 15.3 Å². The predicted octanol–water partition coefficient (Wildman–Crippen LogP) is 3.01. The van der Waals surface area contributed by atoms with E-state index in [9.17, 15) is 0 Å². The van der Waals surface area contributed by atoms with Crippen molar-refractivity contribution in [1.29, 1.82) is 0 Å². The smallest absolute Gasteiger partial charge is 0.180 e. The average Bonchev–Trinajstić information content (AvgIpc) is 3.51. The highest BCUT2D eigenvalue weighted by Crippen LogP contribution is 2.29. The highest BCUT2D eigenvalue weighted by molar-refractivity contribution is 5.63. The second kappa shape index (κ2) is 7.77. The van der Waals surface area contributed by atoms with E-state index in [0.29, 0.717) is 6.54 Å². The van der Waals surface area contributed by atoms with Gasteiger partial charge in [0.1, 0.15) is 6.33 Å². The van der Waals surface area contributed by atoms with Gasteiger partial charge in [0.25, 0.3) is 0 Å². The first kappa shape index (κ1) is 19.5. The zero-order valence-corrected chi connectivity index (χ0v) is 18.5. The Morgan fingerprint density at radius 3 is 2.85 bits per heavy atom. The molecular weight excluding hydrogens is 414 g/mol. The third-order valence-electron chi connectivity index (χ3n) is 6.32. The summed E-state index contributed by atoms with van der Waals surface area (Å²) in [6.45, 7) is 6.46. The van der Waals surface area contributed by atoms with E-state index in [1.54, 1.807) is 17.0 Å². The Labute approximate surface area is 190 Å². The number of nitrogens with zero attached hydrogens (tertiary/aromatic N) is 9. The quantitative estimate of drug-likeness (QED) is 0.427. The normalized spacial score (nSPS) is 13.5. The number of aromatic nitrogens is 8. The van der Waals surface area contributed by atoms with Crippen molar-refractivity contribution in [3.63, 3.8) is 0 Å². The molecule has 0 spiro atoms. The van der Waals surface area contributed by atoms with Crippen LogP contribution in [0.25, 0.3) is 16.8 Å². The molecule has 5 aromatic heterocycles. The van der Waals surface area contributed by atoms with Crippen LogP contribution in [0.2, 0.25) is 0 Å². The van der Waals surface area contributed by atoms with E-state index in [0.717, 1.165) is 64.6 Å². The lowest BCUT2D eigenvalue weighted by molar-refractivity contribution is 0.673. The van der Waals surface area contributed by atoms with Crippen LogP contribution in [0.15, 0.2) is 55.4 Å². The second-order valence-corrected chi connectivity index (χ2v) is 8.42. The molecule has 0 amide bonds. The largest absolute Gasteiger partial charge is 0.350 e. The molecular formula is C24H23N9. The Bertz CT molecular complexity index is 1450. The lowest BCUT2D eigenvalue weighted by atomic mass is 10.0. The first-order valence-electron chi connectivity index (χ1n) is 11.0. The van der Waals surface area contributed by atoms with E-state index in [2.05, 4.69) is 45.1 Å². The molecule has 0 bridgehead atoms. The minimum Gasteiger partial charge on any atom is -0.350 e. The first-order valence-corrected chi connectivity index (χ1v) is 11.0. The topological polar surface area (TPSA) is 89.9 Å². The van der Waals surface area contributed by atoms with Gasteiger partial charge in [0.2, 0.25) is 0 Å². The summed E-state index contributed by atoms with van der Waals surface area (Å²) in [5.74, 6) is 0.971. The van der Waals surface area contributed by atoms with Crippen molar-refractivity contribution in [3.8, 4) is 11.1 Å². The number of hydrogen-bond donors (Lipinski definition) is 0. The standard InChI is InChI=1S/C24H23N9/c1-16-17(2)24(30-33-15-27-29-23(16)33)31-8-6-22-19(12-31)9-18(10-26-22)20-11-28-32(13-20)14-21-5-3-4-7-25-21/h3-5,7,9-11,13,15H,6,8,12,14H2,1-2H3. The molecule has 164 valence electrons. The molecule has 0 radical (unpaired) electrons. The average molecular weight is 438 g/mol. The molecule has 5 aromatic rings. The van der Waals surface area contributed by atoms with Gasteiger partial charge in [-0.25, -0.2) is 0 Å². The van der Waals surface area contributed by atoms with Crippen molar-refractivity contribution < 1.29 is 0 Å². The zero-order chi connectivity index (χ0) is 22.4. The van der Waals surface area contributed by atoms with Crippen LogP contribution in [0.4, 0.5) is 5.82 Å². The molecule has 6 rings (SSSR count). The molecule has 9 heteroatoms. The van der Waals surface area contributed by atoms with Crippen LogP contribution in [-0.2, 0) is 19.5 Å². The first-order chi connectivity index (χ1) is 16.2. The van der Waals surface area contributed by atoms with Crippen LogP contribution >= 0.6 is 0 Å². The molecule has 33 heavy (non-hydrogen) atoms. The third kappa shape index (κ3) is 3.51. The van der Waals surface area contributed by atoms with Crippen molar-refractivity contribution in [3.05, 3.63) is 83.5 Å². The highest BCUT2D eigenvalue weighted by Gasteiger charge is 2.23. The van der Waals surface area contributed by atoms with Crippen molar-refractivity contribution in [2.24, 2.45) is 0 Å². The fourth-order valence-electron chi connectivity index (χ4n) is 4.38. The van der Waals surface area contributed by atoms with Crippen molar-refractivity contribution in [1.82, 2.24) is 39.6 Å². The van der Waals surface area contributed by atoms with Gasteiger partial charge in [-0.05, 0) is 37.6 Å². The van der Waals surface area contributed by atoms with Crippen molar-refractivity contribution >= 4 is 11.5 Å². The molecule has 0 aromatic carbocycles. The highest BCUT2D eigenvalue weighted by atomic mass is 15.4. The van der Waals surface area contributed by atoms with Crippen LogP contribution < -0.4 is 4.90 Å². The molecule has 1 aliphatic rings. The maximum Gasteiger partial charge on any atom is 0.180 e. The number of fused-ring (bicyclic) bond motifs is 2. The minimum absolute atomic E-state index is 0.642. The van der Waals surface area contributed by atoms with Crippen LogP contribution in [0, 0.1) is 13.8 Å². The summed E-state index contributed by atoms with van der Waals surface area (Å²) in [6.07, 6.45) is 10.2. The number of anilines is 1. The molecule has 6 heterocycles. The van der Waals surface area contributed by atoms with E-state index < -0.39 is 0 Å². The molecule has 0 unspecified atom stereocenters. The Kier molecular flexibility index (Phi) is 4.60. The van der Waals surface area contributed by atoms with Crippen molar-refractivity contribution in [2.75, 3.05) is 11.4 Å². The van der Waals surface area contributed by atoms with Gasteiger partial charge in [-0.2, -0.15) is 9.61 Å². The number of rotatable bonds is 4. The van der Waals surface area contributed by atoms with Crippen molar-refractivity contribution in [2.45, 2.75) is 33.4 Å². The van der Waals surface area contributed by atoms with Crippen LogP contribution in [-0.4, -0.2) is 46.1 Å². The Morgan fingerprint density at radius 2 is 1.97 bits per heavy atom. The summed E-state index contributed by atoms with van der Waals surface area (Å²) in [5, 5.41) is 17.5. The molecule has 1 aliphatic heterocycles. The summed E-state index contributed by atoms with van der Waals surface area (Å²) in [6, 6.07) is 8.15. The van der Waals surface area contributed by atoms with Gasteiger partial charge in [-0.3, -0.25) is 14.6 Å². The summed E-state index contributed by atoms with van der Waals surface area (Å²) in [4.78, 5) is 11.5. The SMILES string of the molecule is Cc1c(N2CCc3ncc(-c4cnn(Cc5ccccn5)c4)cc3C2)nn2cnnc2c1C. The summed E-state index contributed by atoms with van der Waals surface area (Å²) in [5.41, 5.74) is 8.52. The monoisotopic (exact) mass is 437 g/mol. The fourth-order valence-corrected chi connectivity index (χ4v) is 4.38. The zero-order valence-electron chi connectivity index (χ0n) is 18.5. The lowest BCUT2D eigenvalue weighted by Crippen LogP contribution is -2.32. The van der Waals surface area contributed by atoms with Gasteiger partial charge in [0, 0.05) is 66.0 Å². The van der Waals surface area contributed by atoms with E-state index in [-0.39, 0.29) is 0 Å². The molecule has 0 aliphatic carbocycles. The number of aryl methyl sites for hydroxylation is 1. The van der Waals surface area contributed by atoms with Crippen LogP contribution in [0.3, 0.4) is 0 Å². The summed E-state index contributed by atoms with van der Waals surface area (Å²) in [7, 11) is 0. The number of hydrogen-bond acceptors (Lipinski definition) is 7. The van der Waals surface area contributed by atoms with E-state index in [4.69, 9.17) is 10.1 Å². The minimum atomic E-state index is 0.642. The van der Waals surface area contributed by atoms with E-state index >= 15 is 0 Å². The second-order valence-electron chi connectivity index (χ2n) is 8.42. The van der Waals surface area contributed by atoms with Gasteiger partial charge in [0.15, 0.2) is 11.5 Å². The van der Waals surface area contributed by atoms with Gasteiger partial charge < -0.3 is 4.90 Å². The predicted molar refractivity (Wildman–Crippen MR) is 124 cm³/mol. The lowest BCUT2D eigenvalue weighted by Gasteiger charge is -2.30. The molecule has 0 N–H and O–H groups in total. The number of pyridine rings is 2. The summed E-state index contributed by atoms with van der Waals surface area (Å²) >= 11 is 0. The summed E-state index contributed by atoms with van der Waals surface area (Å²) < 4.78 is 3.67. The Morgan fingerprint density at radius 1 is 1.03 bits per heavy atom.